The lowest BCUT2D eigenvalue weighted by molar-refractivity contribution is -0.145. The number of carbonyl (C=O) groups is 9. The first-order valence-electron chi connectivity index (χ1n) is 26.3. The molecular weight excluding hydrogens is 1040 g/mol. The van der Waals surface area contributed by atoms with E-state index in [1.165, 1.54) is 123 Å². The smallest absolute Gasteiger partial charge is 0.418 e. The number of methoxy groups -OCH3 is 1. The number of rotatable bonds is 26. The lowest BCUT2D eigenvalue weighted by Gasteiger charge is -2.28. The predicted octanol–water partition coefficient (Wildman–Crippen LogP) is 9.78. The van der Waals surface area contributed by atoms with E-state index in [9.17, 15) is 47.4 Å². The van der Waals surface area contributed by atoms with Gasteiger partial charge in [0.05, 0.1) is 35.6 Å². The zero-order chi connectivity index (χ0) is 59.0. The summed E-state index contributed by atoms with van der Waals surface area (Å²) in [6.07, 6.45) is 9.40. The van der Waals surface area contributed by atoms with Crippen LogP contribution < -0.4 is 25.6 Å². The molecule has 0 spiro atoms. The Labute approximate surface area is 465 Å². The Kier molecular flexibility index (Phi) is 23.0. The maximum Gasteiger partial charge on any atom is 0.418 e. The van der Waals surface area contributed by atoms with Gasteiger partial charge in [0.1, 0.15) is 11.5 Å². The summed E-state index contributed by atoms with van der Waals surface area (Å²) in [5.41, 5.74) is -2.66. The average molecular weight is 1120 g/mol. The molecule has 0 saturated carbocycles. The third-order valence-corrected chi connectivity index (χ3v) is 13.4. The van der Waals surface area contributed by atoms with Crippen molar-refractivity contribution in [3.8, 4) is 17.2 Å². The number of amides is 6. The van der Waals surface area contributed by atoms with E-state index in [1.807, 2.05) is 6.07 Å². The van der Waals surface area contributed by atoms with Crippen LogP contribution in [-0.2, 0) is 58.3 Å². The van der Waals surface area contributed by atoms with Crippen molar-refractivity contribution in [2.75, 3.05) is 31.4 Å². The molecular formula is C57H77N5O16S. The number of nitrogens with one attached hydrogen (secondary N) is 3. The second-order valence-corrected chi connectivity index (χ2v) is 23.1. The van der Waals surface area contributed by atoms with Crippen molar-refractivity contribution in [2.45, 2.75) is 169 Å². The zero-order valence-corrected chi connectivity index (χ0v) is 48.4. The molecule has 0 radical (unpaired) electrons. The maximum atomic E-state index is 13.9. The highest BCUT2D eigenvalue weighted by molar-refractivity contribution is 7.80. The summed E-state index contributed by atoms with van der Waals surface area (Å²) < 4.78 is 43.9. The molecule has 21 nitrogen and oxygen atoms in total. The van der Waals surface area contributed by atoms with Gasteiger partial charge < -0.3 is 34.3 Å². The molecule has 3 atom stereocenters. The fourth-order valence-corrected chi connectivity index (χ4v) is 8.69. The van der Waals surface area contributed by atoms with Gasteiger partial charge in [-0.05, 0) is 82.6 Å². The first-order valence-corrected chi connectivity index (χ1v) is 27.4. The molecule has 0 bridgehead atoms. The number of cyclic esters (lactones) is 2. The first kappa shape index (κ1) is 64.5. The number of anilines is 2. The highest BCUT2D eigenvalue weighted by Crippen LogP contribution is 2.35. The molecule has 2 fully saturated rings. The highest BCUT2D eigenvalue weighted by atomic mass is 32.2. The molecule has 432 valence electrons. The number of unbranched alkanes of at least 4 members (excludes halogenated alkanes) is 9. The number of hydroxylamine groups is 1. The van der Waals surface area contributed by atoms with E-state index in [0.717, 1.165) is 19.3 Å². The number of hydrogen-bond donors (Lipinski definition) is 3. The van der Waals surface area contributed by atoms with E-state index >= 15 is 0 Å². The highest BCUT2D eigenvalue weighted by Gasteiger charge is 2.56. The lowest BCUT2D eigenvalue weighted by Crippen LogP contribution is -2.55. The minimum atomic E-state index is -1.90. The number of esters is 1. The van der Waals surface area contributed by atoms with Crippen LogP contribution in [-0.4, -0.2) is 111 Å². The van der Waals surface area contributed by atoms with Crippen LogP contribution in [0.5, 0.6) is 17.2 Å². The van der Waals surface area contributed by atoms with Crippen LogP contribution in [0.1, 0.15) is 151 Å². The molecule has 0 aromatic heterocycles. The molecule has 3 aromatic rings. The van der Waals surface area contributed by atoms with Gasteiger partial charge in [0, 0.05) is 17.9 Å². The summed E-state index contributed by atoms with van der Waals surface area (Å²) in [6.45, 7) is 17.4. The molecule has 2 saturated heterocycles. The van der Waals surface area contributed by atoms with Gasteiger partial charge in [-0.1, -0.05) is 124 Å². The van der Waals surface area contributed by atoms with Gasteiger partial charge in [-0.15, -0.1) is 0 Å². The topological polar surface area (TPSA) is 269 Å². The van der Waals surface area contributed by atoms with Gasteiger partial charge in [0.25, 0.3) is 23.6 Å². The second kappa shape index (κ2) is 28.2. The Hall–Kier alpha value is -7.04. The van der Waals surface area contributed by atoms with Crippen molar-refractivity contribution in [3.05, 3.63) is 72.3 Å². The Bertz CT molecular complexity index is 2730. The zero-order valence-electron chi connectivity index (χ0n) is 47.6. The number of carbonyl (C=O) groups excluding carboxylic acids is 9. The second-order valence-electron chi connectivity index (χ2n) is 21.9. The van der Waals surface area contributed by atoms with Crippen LogP contribution in [0, 0.1) is 10.8 Å². The van der Waals surface area contributed by atoms with Gasteiger partial charge in [-0.2, -0.15) is 9.76 Å². The van der Waals surface area contributed by atoms with Gasteiger partial charge in [-0.25, -0.2) is 28.4 Å². The van der Waals surface area contributed by atoms with Crippen LogP contribution in [0.25, 0.3) is 0 Å². The minimum Gasteiger partial charge on any atom is -0.495 e. The Morgan fingerprint density at radius 1 is 0.633 bits per heavy atom. The number of nitrogens with zero attached hydrogens (tertiary/aromatic N) is 2. The molecule has 3 unspecified atom stereocenters. The van der Waals surface area contributed by atoms with Crippen LogP contribution in [0.2, 0.25) is 0 Å². The standard InChI is InChI=1S/C37H50N2O8.C20H27N3O8S/c1-7-8-9-10-11-12-13-14-15-19-24-45-33(42)26-22-23-29(46-27-20-17-16-18-21-27)28(25-26)38-32(41)30(31(40)36(2,3)4)39-34(43)37(5,6)47-35(39)44;1-19(2,3)15(24)14(23-17(26)20(4,5)30-18(23)27)16(25)22-12-10-11(32(28)31-21-6)8-9-13(12)29-7/h16-18,20-23,25,30H,7-15,19,24H2,1-6H3,(H,38,41);8-10,14,21H,1-7H3,(H,22,25). The third-order valence-electron chi connectivity index (χ3n) is 12.5. The number of hydrogen-bond acceptors (Lipinski definition) is 17. The van der Waals surface area contributed by atoms with Crippen molar-refractivity contribution in [1.29, 1.82) is 0 Å². The largest absolute Gasteiger partial charge is 0.495 e. The first-order chi connectivity index (χ1) is 37.0. The Morgan fingerprint density at radius 2 is 1.09 bits per heavy atom. The van der Waals surface area contributed by atoms with Gasteiger partial charge >= 0.3 is 18.2 Å². The normalized spacial score (nSPS) is 15.9. The molecule has 2 aliphatic rings. The SMILES string of the molecule is CCCCCCCCCCCCOC(=O)c1ccc(Oc2ccccc2)c(NC(=O)C(C(=O)C(C)(C)C)N2C(=O)OC(C)(C)C2=O)c1.CNOS(=O)c1ccc(OC)c(NC(=O)C(C(=O)C(C)(C)C)N2C(=O)OC(C)(C)C2=O)c1. The molecule has 3 aromatic carbocycles. The molecule has 2 heterocycles. The van der Waals surface area contributed by atoms with Crippen molar-refractivity contribution in [3.63, 3.8) is 0 Å². The van der Waals surface area contributed by atoms with Crippen molar-refractivity contribution < 1.29 is 75.3 Å². The average Bonchev–Trinajstić information content (AvgIpc) is 3.82. The summed E-state index contributed by atoms with van der Waals surface area (Å²) in [4.78, 5) is 119. The number of imide groups is 2. The number of ether oxygens (including phenoxy) is 5. The van der Waals surface area contributed by atoms with E-state index in [1.54, 1.807) is 65.8 Å². The van der Waals surface area contributed by atoms with Crippen molar-refractivity contribution in [1.82, 2.24) is 15.3 Å². The van der Waals surface area contributed by atoms with Gasteiger partial charge in [0.15, 0.2) is 40.6 Å². The molecule has 79 heavy (non-hydrogen) atoms. The molecule has 2 aliphatic heterocycles. The van der Waals surface area contributed by atoms with Crippen molar-refractivity contribution in [2.24, 2.45) is 10.8 Å². The lowest BCUT2D eigenvalue weighted by atomic mass is 9.85. The molecule has 3 N–H and O–H groups in total. The minimum absolute atomic E-state index is 0.0539. The van der Waals surface area contributed by atoms with Gasteiger partial charge in [-0.3, -0.25) is 28.8 Å². The monoisotopic (exact) mass is 1120 g/mol. The van der Waals surface area contributed by atoms with E-state index in [0.29, 0.717) is 15.5 Å². The number of ketones is 2. The molecule has 22 heteroatoms. The van der Waals surface area contributed by atoms with E-state index in [4.69, 9.17) is 28.0 Å². The summed E-state index contributed by atoms with van der Waals surface area (Å²) >= 11 is -1.90. The van der Waals surface area contributed by atoms with Crippen LogP contribution in [0.4, 0.5) is 21.0 Å². The predicted molar refractivity (Wildman–Crippen MR) is 293 cm³/mol. The van der Waals surface area contributed by atoms with Crippen molar-refractivity contribution >= 4 is 75.8 Å². The van der Waals surface area contributed by atoms with Crippen LogP contribution in [0.15, 0.2) is 71.6 Å². The van der Waals surface area contributed by atoms with E-state index in [-0.39, 0.29) is 39.9 Å². The Morgan fingerprint density at radius 3 is 1.52 bits per heavy atom. The third kappa shape index (κ3) is 17.5. The van der Waals surface area contributed by atoms with E-state index in [2.05, 4.69) is 23.0 Å². The fraction of sp³-hybridized carbons (Fsp3) is 0.526. The summed E-state index contributed by atoms with van der Waals surface area (Å²) in [7, 11) is 2.79. The van der Waals surface area contributed by atoms with Crippen LogP contribution in [0.3, 0.4) is 0 Å². The summed E-state index contributed by atoms with van der Waals surface area (Å²) in [5.74, 6) is -4.63. The van der Waals surface area contributed by atoms with Gasteiger partial charge in [0.2, 0.25) is 11.1 Å². The number of Topliss-reactive ketones (excluding diaryl/α,β-unsaturated/α-hetero) is 2. The molecule has 5 rings (SSSR count). The molecule has 0 aliphatic carbocycles. The molecule has 6 amide bonds. The van der Waals surface area contributed by atoms with E-state index < -0.39 is 98.5 Å². The summed E-state index contributed by atoms with van der Waals surface area (Å²) in [6, 6.07) is 13.9. The summed E-state index contributed by atoms with van der Waals surface area (Å²) in [5, 5.41) is 5.14. The quantitative estimate of drug-likeness (QED) is 0.0222. The maximum absolute atomic E-state index is 13.9. The number of para-hydroxylation sites is 1. The Balaban J connectivity index is 0.000000366. The fourth-order valence-electron chi connectivity index (χ4n) is 8.05. The van der Waals surface area contributed by atoms with Crippen LogP contribution >= 0.6 is 0 Å². The number of benzene rings is 3.